The van der Waals surface area contributed by atoms with Gasteiger partial charge in [0.2, 0.25) is 11.9 Å². The van der Waals surface area contributed by atoms with E-state index in [4.69, 9.17) is 5.73 Å². The van der Waals surface area contributed by atoms with Gasteiger partial charge in [0.25, 0.3) is 0 Å². The summed E-state index contributed by atoms with van der Waals surface area (Å²) in [6.07, 6.45) is 1.82. The van der Waals surface area contributed by atoms with Crippen LogP contribution in [0.25, 0.3) is 0 Å². The maximum atomic E-state index is 5.39. The number of aromatic nitrogens is 4. The molecule has 0 amide bonds. The van der Waals surface area contributed by atoms with E-state index in [1.807, 2.05) is 25.3 Å². The molecule has 0 atom stereocenters. The molecular weight excluding hydrogens is 192 g/mol. The standard InChI is InChI=1S/C9H12N6/c1-6-2-3-7(4-11-6)5-12-9-13-8(10)14-15-9/h2-4H,5H2,1H3,(H4,10,12,13,14,15). The normalized spacial score (nSPS) is 10.2. The second-order valence-corrected chi connectivity index (χ2v) is 3.21. The molecule has 0 fully saturated rings. The highest BCUT2D eigenvalue weighted by molar-refractivity contribution is 5.31. The van der Waals surface area contributed by atoms with E-state index in [0.717, 1.165) is 11.3 Å². The van der Waals surface area contributed by atoms with E-state index < -0.39 is 0 Å². The lowest BCUT2D eigenvalue weighted by atomic mass is 10.2. The third-order valence-corrected chi connectivity index (χ3v) is 1.93. The van der Waals surface area contributed by atoms with E-state index in [-0.39, 0.29) is 0 Å². The number of hydrogen-bond acceptors (Lipinski definition) is 5. The van der Waals surface area contributed by atoms with Crippen molar-refractivity contribution < 1.29 is 0 Å². The minimum atomic E-state index is 0.305. The van der Waals surface area contributed by atoms with Crippen molar-refractivity contribution >= 4 is 11.9 Å². The molecule has 78 valence electrons. The molecule has 0 saturated carbocycles. The maximum Gasteiger partial charge on any atom is 0.243 e. The Bertz CT molecular complexity index is 432. The number of anilines is 2. The number of pyridine rings is 1. The first kappa shape index (κ1) is 9.45. The van der Waals surface area contributed by atoms with Gasteiger partial charge >= 0.3 is 0 Å². The van der Waals surface area contributed by atoms with E-state index in [1.165, 1.54) is 0 Å². The molecule has 0 aliphatic carbocycles. The number of nitrogens with one attached hydrogen (secondary N) is 2. The van der Waals surface area contributed by atoms with Crippen LogP contribution < -0.4 is 11.1 Å². The van der Waals surface area contributed by atoms with E-state index >= 15 is 0 Å². The Labute approximate surface area is 86.9 Å². The summed E-state index contributed by atoms with van der Waals surface area (Å²) in [6.45, 7) is 2.58. The molecule has 0 aromatic carbocycles. The number of rotatable bonds is 3. The van der Waals surface area contributed by atoms with Crippen LogP contribution in [0, 0.1) is 6.92 Å². The molecule has 0 spiro atoms. The second-order valence-electron chi connectivity index (χ2n) is 3.21. The van der Waals surface area contributed by atoms with Gasteiger partial charge in [-0.2, -0.15) is 4.98 Å². The summed E-state index contributed by atoms with van der Waals surface area (Å²) in [5.41, 5.74) is 7.46. The number of nitrogens with zero attached hydrogens (tertiary/aromatic N) is 3. The average molecular weight is 204 g/mol. The Morgan fingerprint density at radius 3 is 2.93 bits per heavy atom. The summed E-state index contributed by atoms with van der Waals surface area (Å²) in [5, 5.41) is 9.44. The van der Waals surface area contributed by atoms with Crippen molar-refractivity contribution in [2.45, 2.75) is 13.5 Å². The van der Waals surface area contributed by atoms with Gasteiger partial charge in [-0.15, -0.1) is 5.10 Å². The largest absolute Gasteiger partial charge is 0.368 e. The van der Waals surface area contributed by atoms with Gasteiger partial charge in [-0.25, -0.2) is 5.10 Å². The Morgan fingerprint density at radius 2 is 2.33 bits per heavy atom. The van der Waals surface area contributed by atoms with Gasteiger partial charge in [-0.1, -0.05) is 6.07 Å². The molecule has 6 nitrogen and oxygen atoms in total. The average Bonchev–Trinajstić information content (AvgIpc) is 2.64. The van der Waals surface area contributed by atoms with E-state index in [2.05, 4.69) is 25.5 Å². The Morgan fingerprint density at radius 1 is 1.47 bits per heavy atom. The molecule has 0 unspecified atom stereocenters. The van der Waals surface area contributed by atoms with E-state index in [1.54, 1.807) is 0 Å². The monoisotopic (exact) mass is 204 g/mol. The van der Waals surface area contributed by atoms with E-state index in [9.17, 15) is 0 Å². The van der Waals surface area contributed by atoms with E-state index in [0.29, 0.717) is 18.4 Å². The quantitative estimate of drug-likeness (QED) is 0.684. The number of nitrogen functional groups attached to an aromatic ring is 1. The third-order valence-electron chi connectivity index (χ3n) is 1.93. The van der Waals surface area contributed by atoms with Gasteiger partial charge in [0, 0.05) is 18.4 Å². The fourth-order valence-electron chi connectivity index (χ4n) is 1.14. The molecule has 4 N–H and O–H groups in total. The van der Waals surface area contributed by atoms with Crippen LogP contribution in [0.5, 0.6) is 0 Å². The molecule has 15 heavy (non-hydrogen) atoms. The molecule has 0 aliphatic rings. The number of aryl methyl sites for hydroxylation is 1. The number of H-pyrrole nitrogens is 1. The van der Waals surface area contributed by atoms with Crippen molar-refractivity contribution in [3.05, 3.63) is 29.6 Å². The van der Waals surface area contributed by atoms with Crippen molar-refractivity contribution in [3.63, 3.8) is 0 Å². The molecule has 2 rings (SSSR count). The molecule has 0 radical (unpaired) electrons. The van der Waals surface area contributed by atoms with Crippen LogP contribution in [0.3, 0.4) is 0 Å². The third kappa shape index (κ3) is 2.43. The van der Waals surface area contributed by atoms with Crippen molar-refractivity contribution in [3.8, 4) is 0 Å². The summed E-state index contributed by atoms with van der Waals surface area (Å²) in [7, 11) is 0. The molecule has 6 heteroatoms. The lowest BCUT2D eigenvalue weighted by Gasteiger charge is -2.01. The van der Waals surface area contributed by atoms with Crippen LogP contribution in [-0.4, -0.2) is 20.2 Å². The van der Waals surface area contributed by atoms with Crippen LogP contribution in [0.4, 0.5) is 11.9 Å². The van der Waals surface area contributed by atoms with Gasteiger partial charge in [-0.3, -0.25) is 4.98 Å². The minimum absolute atomic E-state index is 0.305. The number of nitrogens with two attached hydrogens (primary N) is 1. The van der Waals surface area contributed by atoms with Crippen molar-refractivity contribution in [1.82, 2.24) is 20.2 Å². The first-order valence-electron chi connectivity index (χ1n) is 4.57. The molecule has 0 saturated heterocycles. The first-order valence-corrected chi connectivity index (χ1v) is 4.57. The number of hydrogen-bond donors (Lipinski definition) is 3. The maximum absolute atomic E-state index is 5.39. The number of aromatic amines is 1. The van der Waals surface area contributed by atoms with Gasteiger partial charge in [0.05, 0.1) is 0 Å². The molecule has 0 bridgehead atoms. The zero-order chi connectivity index (χ0) is 10.7. The molecule has 0 aliphatic heterocycles. The SMILES string of the molecule is Cc1ccc(CNc2n[nH]c(N)n2)cn1. The zero-order valence-electron chi connectivity index (χ0n) is 8.36. The predicted octanol–water partition coefficient (Wildman–Crippen LogP) is 0.702. The highest BCUT2D eigenvalue weighted by Crippen LogP contribution is 2.04. The zero-order valence-corrected chi connectivity index (χ0v) is 8.36. The van der Waals surface area contributed by atoms with Crippen LogP contribution in [0.2, 0.25) is 0 Å². The Balaban J connectivity index is 1.96. The Kier molecular flexibility index (Phi) is 2.49. The van der Waals surface area contributed by atoms with Crippen LogP contribution >= 0.6 is 0 Å². The lowest BCUT2D eigenvalue weighted by Crippen LogP contribution is -2.01. The van der Waals surface area contributed by atoms with Crippen LogP contribution in [-0.2, 0) is 6.54 Å². The van der Waals surface area contributed by atoms with Crippen LogP contribution in [0.1, 0.15) is 11.3 Å². The highest BCUT2D eigenvalue weighted by atomic mass is 15.3. The fourth-order valence-corrected chi connectivity index (χ4v) is 1.14. The summed E-state index contributed by atoms with van der Waals surface area (Å²) in [5.74, 6) is 0.799. The van der Waals surface area contributed by atoms with Gasteiger partial charge in [0.15, 0.2) is 0 Å². The molecular formula is C9H12N6. The lowest BCUT2D eigenvalue weighted by molar-refractivity contribution is 1.03. The van der Waals surface area contributed by atoms with Crippen molar-refractivity contribution in [1.29, 1.82) is 0 Å². The summed E-state index contributed by atoms with van der Waals surface area (Å²) in [6, 6.07) is 3.97. The topological polar surface area (TPSA) is 92.5 Å². The molecule has 2 aromatic rings. The van der Waals surface area contributed by atoms with Gasteiger partial charge in [-0.05, 0) is 18.6 Å². The smallest absolute Gasteiger partial charge is 0.243 e. The summed E-state index contributed by atoms with van der Waals surface area (Å²) in [4.78, 5) is 8.11. The van der Waals surface area contributed by atoms with Crippen LogP contribution in [0.15, 0.2) is 18.3 Å². The Hall–Kier alpha value is -2.11. The molecule has 2 aromatic heterocycles. The predicted molar refractivity (Wildman–Crippen MR) is 57.1 cm³/mol. The molecule has 2 heterocycles. The van der Waals surface area contributed by atoms with Gasteiger partial charge < -0.3 is 11.1 Å². The fraction of sp³-hybridized carbons (Fsp3) is 0.222. The highest BCUT2D eigenvalue weighted by Gasteiger charge is 1.99. The first-order chi connectivity index (χ1) is 7.24. The minimum Gasteiger partial charge on any atom is -0.368 e. The van der Waals surface area contributed by atoms with Crippen molar-refractivity contribution in [2.24, 2.45) is 0 Å². The van der Waals surface area contributed by atoms with Crippen molar-refractivity contribution in [2.75, 3.05) is 11.1 Å². The summed E-state index contributed by atoms with van der Waals surface area (Å²) < 4.78 is 0. The second kappa shape index (κ2) is 3.95. The van der Waals surface area contributed by atoms with Gasteiger partial charge in [0.1, 0.15) is 0 Å². The summed E-state index contributed by atoms with van der Waals surface area (Å²) >= 11 is 0.